The van der Waals surface area contributed by atoms with Crippen LogP contribution in [0.3, 0.4) is 0 Å². The monoisotopic (exact) mass is 554 g/mol. The zero-order valence-electron chi connectivity index (χ0n) is 21.6. The molecule has 0 radical (unpaired) electrons. The van der Waals surface area contributed by atoms with Crippen molar-refractivity contribution in [1.82, 2.24) is 10.2 Å². The minimum absolute atomic E-state index is 0. The summed E-state index contributed by atoms with van der Waals surface area (Å²) in [6.07, 6.45) is 0.195. The molecule has 0 fully saturated rings. The van der Waals surface area contributed by atoms with Crippen LogP contribution in [0, 0.1) is 0 Å². The Labute approximate surface area is 243 Å². The largest absolute Gasteiger partial charge is 1.00 e. The number of amides is 2. The molecule has 0 bridgehead atoms. The molecule has 2 amide bonds. The fourth-order valence-electron chi connectivity index (χ4n) is 3.05. The van der Waals surface area contributed by atoms with Crippen LogP contribution in [0.5, 0.6) is 0 Å². The van der Waals surface area contributed by atoms with E-state index in [2.05, 4.69) is 25.7 Å². The molecule has 0 spiro atoms. The third-order valence-electron chi connectivity index (χ3n) is 5.02. The predicted molar refractivity (Wildman–Crippen MR) is 138 cm³/mol. The smallest absolute Gasteiger partial charge is 0.542 e. The van der Waals surface area contributed by atoms with E-state index in [1.807, 2.05) is 12.1 Å². The van der Waals surface area contributed by atoms with Crippen molar-refractivity contribution < 1.29 is 56.7 Å². The number of ether oxygens (including phenoxy) is 1. The van der Waals surface area contributed by atoms with E-state index in [1.54, 1.807) is 32.3 Å². The molecular formula is C24H28FN6NaO5S. The third kappa shape index (κ3) is 9.01. The van der Waals surface area contributed by atoms with E-state index in [1.165, 1.54) is 30.0 Å². The van der Waals surface area contributed by atoms with Gasteiger partial charge in [0.25, 0.3) is 0 Å². The standard InChI is InChI=1S/C24H29FN6O5S.Na/c1-4-21(32)30-37(34,35)19-7-5-6-18(14-19)28-23-26-15-20(25)22(29-23)27-17-10-8-16(9-11-17)12-13-36-24(33)31(2)3;/h5-11,14-15,22,27H,4,12-13H2,1-3H3,(H3,26,28,29,30,32);/q;+1/p-1. The molecule has 0 saturated heterocycles. The van der Waals surface area contributed by atoms with Crippen molar-refractivity contribution in [1.29, 1.82) is 0 Å². The summed E-state index contributed by atoms with van der Waals surface area (Å²) in [5.41, 5.74) is 1.90. The van der Waals surface area contributed by atoms with Gasteiger partial charge in [0.2, 0.25) is 5.96 Å². The molecule has 0 saturated carbocycles. The van der Waals surface area contributed by atoms with Crippen molar-refractivity contribution >= 4 is 39.4 Å². The van der Waals surface area contributed by atoms with Crippen LogP contribution in [0.1, 0.15) is 18.9 Å². The summed E-state index contributed by atoms with van der Waals surface area (Å²) < 4.78 is 47.5. The first-order chi connectivity index (χ1) is 17.6. The molecule has 3 N–H and O–H groups in total. The Morgan fingerprint density at radius 3 is 2.53 bits per heavy atom. The molecule has 198 valence electrons. The molecule has 14 heteroatoms. The molecule has 0 aliphatic carbocycles. The molecule has 1 atom stereocenters. The normalized spacial score (nSPS) is 14.6. The van der Waals surface area contributed by atoms with Crippen LogP contribution in [-0.4, -0.2) is 58.1 Å². The molecule has 1 aliphatic rings. The molecule has 0 aromatic heterocycles. The van der Waals surface area contributed by atoms with Gasteiger partial charge in [-0.3, -0.25) is 0 Å². The topological polar surface area (TPSA) is 143 Å². The summed E-state index contributed by atoms with van der Waals surface area (Å²) in [6.45, 7) is 1.75. The van der Waals surface area contributed by atoms with Crippen LogP contribution in [0.4, 0.5) is 20.6 Å². The number of halogens is 1. The quantitative estimate of drug-likeness (QED) is 0.382. The number of nitrogens with one attached hydrogen (secondary N) is 3. The first kappa shape index (κ1) is 31.1. The zero-order valence-corrected chi connectivity index (χ0v) is 24.4. The van der Waals surface area contributed by atoms with Gasteiger partial charge in [0.05, 0.1) is 17.4 Å². The third-order valence-corrected chi connectivity index (χ3v) is 6.32. The van der Waals surface area contributed by atoms with Crippen molar-refractivity contribution in [3.8, 4) is 0 Å². The number of guanidine groups is 1. The van der Waals surface area contributed by atoms with Crippen molar-refractivity contribution in [3.05, 3.63) is 70.8 Å². The minimum atomic E-state index is -4.15. The fraction of sp³-hybridized carbons (Fsp3) is 0.292. The van der Waals surface area contributed by atoms with Gasteiger partial charge in [-0.15, -0.1) is 0 Å². The van der Waals surface area contributed by atoms with Crippen molar-refractivity contribution in [2.45, 2.75) is 30.8 Å². The first-order valence-electron chi connectivity index (χ1n) is 11.3. The summed E-state index contributed by atoms with van der Waals surface area (Å²) in [4.78, 5) is 28.4. The van der Waals surface area contributed by atoms with Gasteiger partial charge in [0.1, 0.15) is 10.0 Å². The van der Waals surface area contributed by atoms with Crippen LogP contribution in [0.15, 0.2) is 70.4 Å². The van der Waals surface area contributed by atoms with E-state index in [0.29, 0.717) is 17.8 Å². The van der Waals surface area contributed by atoms with Crippen molar-refractivity contribution in [3.63, 3.8) is 0 Å². The Kier molecular flexibility index (Phi) is 11.6. The van der Waals surface area contributed by atoms with E-state index in [4.69, 9.17) is 4.74 Å². The van der Waals surface area contributed by atoms with Gasteiger partial charge in [-0.25, -0.2) is 22.6 Å². The molecule has 2 aromatic carbocycles. The summed E-state index contributed by atoms with van der Waals surface area (Å²) >= 11 is 0. The maximum atomic E-state index is 14.4. The minimum Gasteiger partial charge on any atom is -0.542 e. The zero-order chi connectivity index (χ0) is 27.0. The van der Waals surface area contributed by atoms with Crippen LogP contribution >= 0.6 is 0 Å². The number of rotatable bonds is 9. The van der Waals surface area contributed by atoms with Gasteiger partial charge in [0, 0.05) is 38.1 Å². The van der Waals surface area contributed by atoms with Crippen LogP contribution < -0.4 is 45.5 Å². The SMILES string of the molecule is CCC(=O)[N-]S(=O)(=O)c1cccc(NC2=NC(Nc3ccc(CCOC(=O)N(C)C)cc3)C(F)=CN2)c1.[Na+]. The Bertz CT molecular complexity index is 1300. The maximum Gasteiger partial charge on any atom is 1.00 e. The van der Waals surface area contributed by atoms with Crippen molar-refractivity contribution in [2.75, 3.05) is 31.3 Å². The molecule has 1 unspecified atom stereocenters. The first-order valence-corrected chi connectivity index (χ1v) is 12.8. The molecular weight excluding hydrogens is 526 g/mol. The molecule has 1 heterocycles. The summed E-state index contributed by atoms with van der Waals surface area (Å²) in [5, 5.41) is 8.55. The second kappa shape index (κ2) is 14.1. The predicted octanol–water partition coefficient (Wildman–Crippen LogP) is 0.551. The van der Waals surface area contributed by atoms with Gasteiger partial charge in [-0.2, -0.15) is 0 Å². The average molecular weight is 555 g/mol. The summed E-state index contributed by atoms with van der Waals surface area (Å²) in [6, 6.07) is 12.9. The fourth-order valence-corrected chi connectivity index (χ4v) is 4.08. The summed E-state index contributed by atoms with van der Waals surface area (Å²) in [5.74, 6) is -1.13. The van der Waals surface area contributed by atoms with Crippen LogP contribution in [-0.2, 0) is 26.0 Å². The van der Waals surface area contributed by atoms with E-state index in [0.717, 1.165) is 11.8 Å². The van der Waals surface area contributed by atoms with E-state index >= 15 is 0 Å². The Hall–Kier alpha value is -3.13. The Morgan fingerprint density at radius 1 is 1.16 bits per heavy atom. The number of carbonyl (C=O) groups excluding carboxylic acids is 2. The maximum absolute atomic E-state index is 14.4. The number of nitrogens with zero attached hydrogens (tertiary/aromatic N) is 3. The number of anilines is 2. The summed E-state index contributed by atoms with van der Waals surface area (Å²) in [7, 11) is -0.934. The molecule has 1 aliphatic heterocycles. The van der Waals surface area contributed by atoms with Crippen LogP contribution in [0.25, 0.3) is 4.72 Å². The van der Waals surface area contributed by atoms with Gasteiger partial charge in [-0.05, 0) is 42.3 Å². The molecule has 38 heavy (non-hydrogen) atoms. The number of benzene rings is 2. The second-order valence-corrected chi connectivity index (χ2v) is 9.72. The van der Waals surface area contributed by atoms with Gasteiger partial charge >= 0.3 is 35.7 Å². The van der Waals surface area contributed by atoms with Gasteiger partial charge in [0.15, 0.2) is 12.0 Å². The van der Waals surface area contributed by atoms with E-state index in [9.17, 15) is 22.4 Å². The number of aliphatic imine (C=N–C) groups is 1. The average Bonchev–Trinajstić information content (AvgIpc) is 2.86. The van der Waals surface area contributed by atoms with E-state index < -0.39 is 34.0 Å². The molecule has 11 nitrogen and oxygen atoms in total. The van der Waals surface area contributed by atoms with E-state index in [-0.39, 0.29) is 53.4 Å². The van der Waals surface area contributed by atoms with Gasteiger partial charge < -0.3 is 35.1 Å². The Balaban J connectivity index is 0.00000507. The molecule has 3 rings (SSSR count). The number of hydrogen-bond donors (Lipinski definition) is 3. The number of hydrogen-bond acceptors (Lipinski definition) is 9. The van der Waals surface area contributed by atoms with Crippen molar-refractivity contribution in [2.24, 2.45) is 4.99 Å². The number of sulfonamides is 1. The second-order valence-electron chi connectivity index (χ2n) is 8.12. The Morgan fingerprint density at radius 2 is 1.87 bits per heavy atom. The van der Waals surface area contributed by atoms with Gasteiger partial charge in [-0.1, -0.05) is 25.1 Å². The molecule has 2 aromatic rings. The van der Waals surface area contributed by atoms with Crippen LogP contribution in [0.2, 0.25) is 0 Å². The number of carbonyl (C=O) groups is 2.